The highest BCUT2D eigenvalue weighted by molar-refractivity contribution is 7.92. The largest absolute Gasteiger partial charge is 0.280 e. The predicted octanol–water partition coefficient (Wildman–Crippen LogP) is 2.93. The molecule has 6 heteroatoms. The lowest BCUT2D eigenvalue weighted by atomic mass is 10.2. The van der Waals surface area contributed by atoms with Crippen molar-refractivity contribution in [1.29, 1.82) is 0 Å². The molecule has 2 N–H and O–H groups in total. The Balaban J connectivity index is 1.90. The van der Waals surface area contributed by atoms with E-state index in [2.05, 4.69) is 14.9 Å². The first-order valence-electron chi connectivity index (χ1n) is 6.63. The summed E-state index contributed by atoms with van der Waals surface area (Å²) < 4.78 is 27.3. The van der Waals surface area contributed by atoms with Gasteiger partial charge in [0.1, 0.15) is 0 Å². The molecule has 3 aromatic rings. The third-order valence-corrected chi connectivity index (χ3v) is 4.73. The maximum absolute atomic E-state index is 12.3. The number of aromatic nitrogens is 2. The van der Waals surface area contributed by atoms with Crippen LogP contribution in [0.25, 0.3) is 10.9 Å². The van der Waals surface area contributed by atoms with Gasteiger partial charge in [-0.05, 0) is 42.3 Å². The van der Waals surface area contributed by atoms with Gasteiger partial charge in [0, 0.05) is 11.1 Å². The molecule has 0 saturated heterocycles. The molecule has 0 spiro atoms. The number of fused-ring (bicyclic) bond motifs is 1. The Morgan fingerprint density at radius 2 is 1.90 bits per heavy atom. The Bertz CT molecular complexity index is 867. The minimum absolute atomic E-state index is 0.256. The molecule has 0 fully saturated rings. The zero-order chi connectivity index (χ0) is 14.9. The van der Waals surface area contributed by atoms with Gasteiger partial charge in [-0.25, -0.2) is 8.42 Å². The van der Waals surface area contributed by atoms with Crippen LogP contribution in [0.3, 0.4) is 0 Å². The predicted molar refractivity (Wildman–Crippen MR) is 82.7 cm³/mol. The molecule has 0 amide bonds. The van der Waals surface area contributed by atoms with Crippen molar-refractivity contribution in [3.8, 4) is 0 Å². The lowest BCUT2D eigenvalue weighted by Gasteiger charge is -2.08. The summed E-state index contributed by atoms with van der Waals surface area (Å²) in [5.41, 5.74) is 2.49. The minimum atomic E-state index is -3.57. The van der Waals surface area contributed by atoms with Crippen molar-refractivity contribution in [1.82, 2.24) is 10.2 Å². The van der Waals surface area contributed by atoms with Gasteiger partial charge in [-0.1, -0.05) is 19.1 Å². The van der Waals surface area contributed by atoms with Crippen LogP contribution in [0.1, 0.15) is 12.5 Å². The molecule has 21 heavy (non-hydrogen) atoms. The summed E-state index contributed by atoms with van der Waals surface area (Å²) >= 11 is 0. The number of aromatic amines is 1. The number of nitrogens with zero attached hydrogens (tertiary/aromatic N) is 1. The molecule has 0 unspecified atom stereocenters. The smallest absolute Gasteiger partial charge is 0.261 e. The summed E-state index contributed by atoms with van der Waals surface area (Å²) in [6, 6.07) is 12.1. The molecule has 0 radical (unpaired) electrons. The number of sulfonamides is 1. The number of hydrogen-bond acceptors (Lipinski definition) is 3. The zero-order valence-electron chi connectivity index (χ0n) is 11.5. The topological polar surface area (TPSA) is 74.8 Å². The monoisotopic (exact) mass is 301 g/mol. The summed E-state index contributed by atoms with van der Waals surface area (Å²) in [6.45, 7) is 2.03. The second-order valence-electron chi connectivity index (χ2n) is 4.78. The van der Waals surface area contributed by atoms with Crippen molar-refractivity contribution in [2.75, 3.05) is 4.72 Å². The second kappa shape index (κ2) is 5.21. The highest BCUT2D eigenvalue weighted by atomic mass is 32.2. The van der Waals surface area contributed by atoms with E-state index in [0.29, 0.717) is 5.69 Å². The number of aryl methyl sites for hydroxylation is 1. The van der Waals surface area contributed by atoms with Gasteiger partial charge in [-0.2, -0.15) is 5.10 Å². The standard InChI is InChI=1S/C15H15N3O2S/c1-2-11-3-6-14(7-4-11)21(19,20)18-13-5-8-15-12(9-13)10-16-17-15/h3-10,18H,2H2,1H3,(H,16,17). The third kappa shape index (κ3) is 2.75. The van der Waals surface area contributed by atoms with Gasteiger partial charge < -0.3 is 0 Å². The average Bonchev–Trinajstić information content (AvgIpc) is 2.94. The van der Waals surface area contributed by atoms with E-state index in [1.165, 1.54) is 0 Å². The van der Waals surface area contributed by atoms with Gasteiger partial charge in [-0.3, -0.25) is 9.82 Å². The van der Waals surface area contributed by atoms with Gasteiger partial charge in [0.25, 0.3) is 10.0 Å². The number of nitrogens with one attached hydrogen (secondary N) is 2. The van der Waals surface area contributed by atoms with E-state index in [9.17, 15) is 8.42 Å². The SMILES string of the molecule is CCc1ccc(S(=O)(=O)Nc2ccc3[nH]ncc3c2)cc1. The average molecular weight is 301 g/mol. The highest BCUT2D eigenvalue weighted by Gasteiger charge is 2.14. The maximum Gasteiger partial charge on any atom is 0.261 e. The Morgan fingerprint density at radius 3 is 2.62 bits per heavy atom. The Hall–Kier alpha value is -2.34. The van der Waals surface area contributed by atoms with E-state index in [1.807, 2.05) is 19.1 Å². The van der Waals surface area contributed by atoms with Crippen LogP contribution in [0.5, 0.6) is 0 Å². The zero-order valence-corrected chi connectivity index (χ0v) is 12.3. The van der Waals surface area contributed by atoms with Crippen molar-refractivity contribution in [2.45, 2.75) is 18.2 Å². The van der Waals surface area contributed by atoms with Crippen molar-refractivity contribution in [3.63, 3.8) is 0 Å². The summed E-state index contributed by atoms with van der Waals surface area (Å²) in [7, 11) is -3.57. The van der Waals surface area contributed by atoms with Crippen LogP contribution in [0.15, 0.2) is 53.6 Å². The molecule has 3 rings (SSSR count). The normalized spacial score (nSPS) is 11.7. The second-order valence-corrected chi connectivity index (χ2v) is 6.46. The molecule has 0 atom stereocenters. The number of H-pyrrole nitrogens is 1. The fourth-order valence-electron chi connectivity index (χ4n) is 2.12. The molecule has 1 heterocycles. The van der Waals surface area contributed by atoms with Crippen LogP contribution < -0.4 is 4.72 Å². The molecule has 5 nitrogen and oxygen atoms in total. The van der Waals surface area contributed by atoms with E-state index in [-0.39, 0.29) is 4.90 Å². The van der Waals surface area contributed by atoms with Gasteiger partial charge in [0.05, 0.1) is 16.6 Å². The molecule has 0 aliphatic rings. The number of benzene rings is 2. The van der Waals surface area contributed by atoms with Crippen molar-refractivity contribution in [3.05, 3.63) is 54.2 Å². The van der Waals surface area contributed by atoms with E-state index in [4.69, 9.17) is 0 Å². The van der Waals surface area contributed by atoms with E-state index < -0.39 is 10.0 Å². The van der Waals surface area contributed by atoms with Gasteiger partial charge >= 0.3 is 0 Å². The Kier molecular flexibility index (Phi) is 3.39. The van der Waals surface area contributed by atoms with Crippen LogP contribution in [0, 0.1) is 0 Å². The van der Waals surface area contributed by atoms with E-state index in [1.54, 1.807) is 36.5 Å². The Labute approximate surface area is 123 Å². The first kappa shape index (κ1) is 13.6. The first-order valence-corrected chi connectivity index (χ1v) is 8.12. The fourth-order valence-corrected chi connectivity index (χ4v) is 3.17. The van der Waals surface area contributed by atoms with Crippen LogP contribution >= 0.6 is 0 Å². The maximum atomic E-state index is 12.3. The van der Waals surface area contributed by atoms with Gasteiger partial charge in [-0.15, -0.1) is 0 Å². The molecular weight excluding hydrogens is 286 g/mol. The molecule has 2 aromatic carbocycles. The number of rotatable bonds is 4. The minimum Gasteiger partial charge on any atom is -0.280 e. The van der Waals surface area contributed by atoms with Crippen LogP contribution in [0.4, 0.5) is 5.69 Å². The van der Waals surface area contributed by atoms with Crippen LogP contribution in [0.2, 0.25) is 0 Å². The van der Waals surface area contributed by atoms with Crippen molar-refractivity contribution >= 4 is 26.6 Å². The number of anilines is 1. The highest BCUT2D eigenvalue weighted by Crippen LogP contribution is 2.20. The molecule has 0 aliphatic heterocycles. The fraction of sp³-hybridized carbons (Fsp3) is 0.133. The van der Waals surface area contributed by atoms with Crippen molar-refractivity contribution in [2.24, 2.45) is 0 Å². The third-order valence-electron chi connectivity index (χ3n) is 3.33. The number of hydrogen-bond donors (Lipinski definition) is 2. The quantitative estimate of drug-likeness (QED) is 0.778. The molecule has 0 aliphatic carbocycles. The summed E-state index contributed by atoms with van der Waals surface area (Å²) in [4.78, 5) is 0.256. The first-order chi connectivity index (χ1) is 10.1. The summed E-state index contributed by atoms with van der Waals surface area (Å²) in [6.07, 6.45) is 2.54. The summed E-state index contributed by atoms with van der Waals surface area (Å²) in [5.74, 6) is 0. The van der Waals surface area contributed by atoms with E-state index in [0.717, 1.165) is 22.9 Å². The van der Waals surface area contributed by atoms with Gasteiger partial charge in [0.2, 0.25) is 0 Å². The summed E-state index contributed by atoms with van der Waals surface area (Å²) in [5, 5.41) is 7.60. The molecule has 0 bridgehead atoms. The van der Waals surface area contributed by atoms with Crippen LogP contribution in [-0.2, 0) is 16.4 Å². The molecule has 108 valence electrons. The molecule has 1 aromatic heterocycles. The van der Waals surface area contributed by atoms with Crippen LogP contribution in [-0.4, -0.2) is 18.6 Å². The van der Waals surface area contributed by atoms with E-state index >= 15 is 0 Å². The van der Waals surface area contributed by atoms with Crippen molar-refractivity contribution < 1.29 is 8.42 Å². The Morgan fingerprint density at radius 1 is 1.14 bits per heavy atom. The molecule has 0 saturated carbocycles. The van der Waals surface area contributed by atoms with Gasteiger partial charge in [0.15, 0.2) is 0 Å². The molecular formula is C15H15N3O2S. The lowest BCUT2D eigenvalue weighted by molar-refractivity contribution is 0.601. The lowest BCUT2D eigenvalue weighted by Crippen LogP contribution is -2.12.